The first-order valence-electron chi connectivity index (χ1n) is 7.30. The molecule has 1 saturated heterocycles. The minimum atomic E-state index is -0.156. The molecule has 116 valence electrons. The predicted octanol–water partition coefficient (Wildman–Crippen LogP) is 3.59. The van der Waals surface area contributed by atoms with Gasteiger partial charge < -0.3 is 4.90 Å². The summed E-state index contributed by atoms with van der Waals surface area (Å²) in [5, 5.41) is 0.985. The molecule has 0 aromatic heterocycles. The highest BCUT2D eigenvalue weighted by atomic mass is 35.5. The van der Waals surface area contributed by atoms with E-state index in [1.807, 2.05) is 6.92 Å². The van der Waals surface area contributed by atoms with Crippen molar-refractivity contribution in [1.29, 1.82) is 0 Å². The van der Waals surface area contributed by atoms with Gasteiger partial charge in [-0.2, -0.15) is 0 Å². The summed E-state index contributed by atoms with van der Waals surface area (Å²) in [6, 6.07) is 5.35. The van der Waals surface area contributed by atoms with E-state index in [0.717, 1.165) is 25.9 Å². The van der Waals surface area contributed by atoms with E-state index in [1.165, 1.54) is 0 Å². The van der Waals surface area contributed by atoms with Crippen LogP contribution in [0, 0.1) is 0 Å². The molecule has 2 atom stereocenters. The summed E-state index contributed by atoms with van der Waals surface area (Å²) in [4.78, 5) is 17.2. The Hall–Kier alpha value is -0.610. The van der Waals surface area contributed by atoms with E-state index in [-0.39, 0.29) is 11.8 Å². The lowest BCUT2D eigenvalue weighted by Crippen LogP contribution is -2.46. The van der Waals surface area contributed by atoms with E-state index >= 15 is 0 Å². The van der Waals surface area contributed by atoms with Gasteiger partial charge in [0.1, 0.15) is 0 Å². The lowest BCUT2D eigenvalue weighted by Gasteiger charge is -2.31. The Bertz CT molecular complexity index is 519. The second-order valence-electron chi connectivity index (χ2n) is 5.96. The third kappa shape index (κ3) is 3.98. The maximum atomic E-state index is 12.7. The number of hydrogen-bond donors (Lipinski definition) is 0. The molecule has 0 bridgehead atoms. The van der Waals surface area contributed by atoms with E-state index in [4.69, 9.17) is 23.2 Å². The van der Waals surface area contributed by atoms with E-state index in [2.05, 4.69) is 23.9 Å². The minimum Gasteiger partial charge on any atom is -0.308 e. The van der Waals surface area contributed by atoms with Crippen LogP contribution in [0.5, 0.6) is 0 Å². The smallest absolute Gasteiger partial charge is 0.181 e. The van der Waals surface area contributed by atoms with Crippen LogP contribution in [0.25, 0.3) is 0 Å². The molecule has 2 rings (SSSR count). The molecule has 0 saturated carbocycles. The molecule has 5 heteroatoms. The van der Waals surface area contributed by atoms with E-state index < -0.39 is 0 Å². The first kappa shape index (κ1) is 16.8. The van der Waals surface area contributed by atoms with Crippen LogP contribution in [0.3, 0.4) is 0 Å². The zero-order chi connectivity index (χ0) is 15.6. The fourth-order valence-corrected chi connectivity index (χ4v) is 3.55. The van der Waals surface area contributed by atoms with Gasteiger partial charge in [-0.15, -0.1) is 0 Å². The van der Waals surface area contributed by atoms with Gasteiger partial charge in [0.25, 0.3) is 0 Å². The summed E-state index contributed by atoms with van der Waals surface area (Å²) in [5.41, 5.74) is 0.559. The quantitative estimate of drug-likeness (QED) is 0.772. The largest absolute Gasteiger partial charge is 0.308 e. The van der Waals surface area contributed by atoms with Gasteiger partial charge >= 0.3 is 0 Å². The molecule has 3 nitrogen and oxygen atoms in total. The van der Waals surface area contributed by atoms with Gasteiger partial charge in [0, 0.05) is 23.2 Å². The Balaban J connectivity index is 2.14. The highest BCUT2D eigenvalue weighted by Crippen LogP contribution is 2.26. The molecule has 1 aromatic rings. The van der Waals surface area contributed by atoms with Crippen LogP contribution in [-0.2, 0) is 0 Å². The number of likely N-dealkylation sites (tertiary alicyclic amines) is 1. The normalized spacial score (nSPS) is 21.0. The maximum Gasteiger partial charge on any atom is 0.181 e. The average molecular weight is 329 g/mol. The molecule has 0 radical (unpaired) electrons. The zero-order valence-electron chi connectivity index (χ0n) is 12.8. The Morgan fingerprint density at radius 1 is 1.43 bits per heavy atom. The van der Waals surface area contributed by atoms with E-state index in [9.17, 15) is 4.79 Å². The first-order valence-corrected chi connectivity index (χ1v) is 8.05. The number of carbonyl (C=O) groups is 1. The summed E-state index contributed by atoms with van der Waals surface area (Å²) in [6.07, 6.45) is 2.29. The first-order chi connectivity index (χ1) is 9.90. The second-order valence-corrected chi connectivity index (χ2v) is 6.80. The van der Waals surface area contributed by atoms with Gasteiger partial charge in [-0.25, -0.2) is 0 Å². The molecule has 1 aliphatic rings. The average Bonchev–Trinajstić information content (AvgIpc) is 2.84. The summed E-state index contributed by atoms with van der Waals surface area (Å²) in [7, 11) is 4.14. The van der Waals surface area contributed by atoms with Gasteiger partial charge in [-0.05, 0) is 58.6 Å². The molecular formula is C16H22Cl2N2O. The number of carbonyl (C=O) groups excluding carboxylic acids is 1. The molecule has 1 fully saturated rings. The fraction of sp³-hybridized carbons (Fsp3) is 0.562. The van der Waals surface area contributed by atoms with Crippen molar-refractivity contribution in [2.45, 2.75) is 31.8 Å². The Labute approximate surface area is 136 Å². The zero-order valence-corrected chi connectivity index (χ0v) is 14.3. The van der Waals surface area contributed by atoms with Crippen LogP contribution in [0.2, 0.25) is 10.0 Å². The van der Waals surface area contributed by atoms with Crippen molar-refractivity contribution >= 4 is 29.0 Å². The Morgan fingerprint density at radius 2 is 2.14 bits per heavy atom. The number of hydrogen-bond acceptors (Lipinski definition) is 3. The number of Topliss-reactive ketones (excluding diaryl/α,β-unsaturated/α-hetero) is 1. The SMILES string of the molecule is CC(C(=O)c1ccc(Cl)cc1Cl)N1CCCC1CN(C)C. The Morgan fingerprint density at radius 3 is 2.76 bits per heavy atom. The van der Waals surface area contributed by atoms with Gasteiger partial charge in [0.15, 0.2) is 5.78 Å². The van der Waals surface area contributed by atoms with Crippen LogP contribution >= 0.6 is 23.2 Å². The molecule has 1 heterocycles. The third-order valence-electron chi connectivity index (χ3n) is 4.07. The predicted molar refractivity (Wildman–Crippen MR) is 88.5 cm³/mol. The maximum absolute atomic E-state index is 12.7. The summed E-state index contributed by atoms with van der Waals surface area (Å²) < 4.78 is 0. The summed E-state index contributed by atoms with van der Waals surface area (Å²) in [6.45, 7) is 3.92. The number of nitrogens with zero attached hydrogens (tertiary/aromatic N) is 2. The van der Waals surface area contributed by atoms with Crippen LogP contribution in [-0.4, -0.2) is 54.9 Å². The van der Waals surface area contributed by atoms with Crippen LogP contribution in [0.1, 0.15) is 30.1 Å². The molecule has 21 heavy (non-hydrogen) atoms. The monoisotopic (exact) mass is 328 g/mol. The van der Waals surface area contributed by atoms with Crippen molar-refractivity contribution in [3.63, 3.8) is 0 Å². The molecule has 0 spiro atoms. The van der Waals surface area contributed by atoms with Crippen molar-refractivity contribution < 1.29 is 4.79 Å². The molecule has 0 aliphatic carbocycles. The van der Waals surface area contributed by atoms with Gasteiger partial charge in [0.05, 0.1) is 11.1 Å². The van der Waals surface area contributed by atoms with Crippen molar-refractivity contribution in [1.82, 2.24) is 9.80 Å². The van der Waals surface area contributed by atoms with E-state index in [1.54, 1.807) is 18.2 Å². The van der Waals surface area contributed by atoms with Crippen molar-refractivity contribution in [3.8, 4) is 0 Å². The summed E-state index contributed by atoms with van der Waals surface area (Å²) >= 11 is 12.1. The van der Waals surface area contributed by atoms with Crippen molar-refractivity contribution in [2.24, 2.45) is 0 Å². The molecule has 1 aromatic carbocycles. The number of rotatable bonds is 5. The number of benzene rings is 1. The molecular weight excluding hydrogens is 307 g/mol. The standard InChI is InChI=1S/C16H22Cl2N2O/c1-11(20-8-4-5-13(20)10-19(2)3)16(21)14-7-6-12(17)9-15(14)18/h6-7,9,11,13H,4-5,8,10H2,1-3H3. The lowest BCUT2D eigenvalue weighted by molar-refractivity contribution is 0.0799. The third-order valence-corrected chi connectivity index (χ3v) is 4.62. The fourth-order valence-electron chi connectivity index (χ4n) is 3.05. The van der Waals surface area contributed by atoms with Gasteiger partial charge in [-0.1, -0.05) is 23.2 Å². The van der Waals surface area contributed by atoms with Crippen molar-refractivity contribution in [3.05, 3.63) is 33.8 Å². The highest BCUT2D eigenvalue weighted by Gasteiger charge is 2.33. The van der Waals surface area contributed by atoms with Crippen LogP contribution < -0.4 is 0 Å². The lowest BCUT2D eigenvalue weighted by atomic mass is 10.0. The minimum absolute atomic E-state index is 0.0716. The van der Waals surface area contributed by atoms with Crippen LogP contribution in [0.4, 0.5) is 0 Å². The molecule has 0 N–H and O–H groups in total. The summed E-state index contributed by atoms with van der Waals surface area (Å²) in [5.74, 6) is 0.0716. The molecule has 0 amide bonds. The van der Waals surface area contributed by atoms with E-state index in [0.29, 0.717) is 21.7 Å². The molecule has 1 aliphatic heterocycles. The number of halogens is 2. The second kappa shape index (κ2) is 7.10. The number of likely N-dealkylation sites (N-methyl/N-ethyl adjacent to an activating group) is 1. The number of ketones is 1. The van der Waals surface area contributed by atoms with Crippen LogP contribution in [0.15, 0.2) is 18.2 Å². The highest BCUT2D eigenvalue weighted by molar-refractivity contribution is 6.37. The Kier molecular flexibility index (Phi) is 5.67. The van der Waals surface area contributed by atoms with Gasteiger partial charge in [-0.3, -0.25) is 9.69 Å². The van der Waals surface area contributed by atoms with Crippen molar-refractivity contribution in [2.75, 3.05) is 27.2 Å². The van der Waals surface area contributed by atoms with Gasteiger partial charge in [0.2, 0.25) is 0 Å². The topological polar surface area (TPSA) is 23.6 Å². The molecule has 2 unspecified atom stereocenters.